The topological polar surface area (TPSA) is 92.7 Å². The van der Waals surface area contributed by atoms with Crippen molar-refractivity contribution in [3.8, 4) is 0 Å². The number of aliphatic hydroxyl groups is 1. The van der Waals surface area contributed by atoms with Crippen molar-refractivity contribution in [2.24, 2.45) is 0 Å². The molecule has 0 spiro atoms. The maximum atomic E-state index is 11.8. The number of urea groups is 1. The highest BCUT2D eigenvalue weighted by Gasteiger charge is 2.41. The van der Waals surface area contributed by atoms with Crippen LogP contribution in [-0.4, -0.2) is 34.5 Å². The van der Waals surface area contributed by atoms with Crippen molar-refractivity contribution < 1.29 is 19.4 Å². The van der Waals surface area contributed by atoms with Crippen LogP contribution < -0.4 is 10.6 Å². The molecule has 0 aliphatic carbocycles. The van der Waals surface area contributed by atoms with E-state index in [0.29, 0.717) is 18.8 Å². The van der Waals surface area contributed by atoms with E-state index in [9.17, 15) is 9.90 Å². The second-order valence-electron chi connectivity index (χ2n) is 9.83. The molecule has 1 aliphatic heterocycles. The van der Waals surface area contributed by atoms with Crippen molar-refractivity contribution in [3.63, 3.8) is 0 Å². The maximum absolute atomic E-state index is 11.8. The minimum atomic E-state index is -0.586. The van der Waals surface area contributed by atoms with Gasteiger partial charge in [-0.15, -0.1) is 11.8 Å². The summed E-state index contributed by atoms with van der Waals surface area (Å²) < 4.78 is 13.5. The van der Waals surface area contributed by atoms with Gasteiger partial charge in [-0.1, -0.05) is 84.9 Å². The van der Waals surface area contributed by atoms with Gasteiger partial charge >= 0.3 is 6.03 Å². The van der Waals surface area contributed by atoms with Gasteiger partial charge in [-0.2, -0.15) is 0 Å². The second-order valence-corrected chi connectivity index (χ2v) is 10.9. The van der Waals surface area contributed by atoms with Crippen molar-refractivity contribution in [2.45, 2.75) is 49.5 Å². The van der Waals surface area contributed by atoms with Crippen molar-refractivity contribution in [1.29, 1.82) is 0 Å². The van der Waals surface area contributed by atoms with Crippen molar-refractivity contribution in [2.75, 3.05) is 12.3 Å². The molecule has 41 heavy (non-hydrogen) atoms. The number of aliphatic hydroxyl groups excluding tert-OH is 1. The lowest BCUT2D eigenvalue weighted by molar-refractivity contribution is -0.255. The highest BCUT2D eigenvalue weighted by molar-refractivity contribution is 7.99. The molecule has 2 amide bonds. The average molecular weight is 570 g/mol. The fourth-order valence-corrected chi connectivity index (χ4v) is 5.88. The molecular weight excluding hydrogens is 534 g/mol. The molecule has 3 N–H and O–H groups in total. The van der Waals surface area contributed by atoms with E-state index in [-0.39, 0.29) is 30.8 Å². The van der Waals surface area contributed by atoms with Gasteiger partial charge in [-0.05, 0) is 41.3 Å². The van der Waals surface area contributed by atoms with E-state index in [4.69, 9.17) is 9.47 Å². The number of pyridine rings is 1. The van der Waals surface area contributed by atoms with Crippen molar-refractivity contribution in [3.05, 3.63) is 131 Å². The lowest BCUT2D eigenvalue weighted by Gasteiger charge is -2.43. The van der Waals surface area contributed by atoms with Crippen LogP contribution in [0.3, 0.4) is 0 Å². The van der Waals surface area contributed by atoms with Gasteiger partial charge in [0.2, 0.25) is 0 Å². The molecule has 4 aromatic rings. The number of benzene rings is 3. The van der Waals surface area contributed by atoms with E-state index in [1.54, 1.807) is 18.0 Å². The monoisotopic (exact) mass is 569 g/mol. The van der Waals surface area contributed by atoms with Crippen LogP contribution >= 0.6 is 11.8 Å². The SMILES string of the molecule is CCNC(=O)NCc1ccc(C2OC(CSc3ccccn3)C(c3ccccc3)C(c3ccc(CO)cc3)O2)cc1. The molecule has 0 saturated carbocycles. The molecule has 7 nitrogen and oxygen atoms in total. The van der Waals surface area contributed by atoms with Gasteiger partial charge in [0.1, 0.15) is 0 Å². The van der Waals surface area contributed by atoms with Gasteiger partial charge in [0.15, 0.2) is 6.29 Å². The molecule has 4 atom stereocenters. The first-order chi connectivity index (χ1) is 20.1. The predicted octanol–water partition coefficient (Wildman–Crippen LogP) is 6.12. The summed E-state index contributed by atoms with van der Waals surface area (Å²) in [6.45, 7) is 2.88. The summed E-state index contributed by atoms with van der Waals surface area (Å²) in [7, 11) is 0. The third kappa shape index (κ3) is 7.54. The van der Waals surface area contributed by atoms with E-state index in [1.807, 2.05) is 91.9 Å². The van der Waals surface area contributed by atoms with E-state index >= 15 is 0 Å². The summed E-state index contributed by atoms with van der Waals surface area (Å²) in [6.07, 6.45) is 0.762. The molecule has 1 fully saturated rings. The fraction of sp³-hybridized carbons (Fsp3) is 0.273. The minimum Gasteiger partial charge on any atom is -0.392 e. The van der Waals surface area contributed by atoms with Crippen LogP contribution in [0.2, 0.25) is 0 Å². The zero-order valence-corrected chi connectivity index (χ0v) is 23.8. The molecule has 0 bridgehead atoms. The number of thioether (sulfide) groups is 1. The largest absolute Gasteiger partial charge is 0.392 e. The lowest BCUT2D eigenvalue weighted by atomic mass is 9.84. The molecule has 1 saturated heterocycles. The van der Waals surface area contributed by atoms with Gasteiger partial charge in [0.05, 0.1) is 23.8 Å². The Labute approximate surface area is 245 Å². The van der Waals surface area contributed by atoms with Crippen LogP contribution in [0.4, 0.5) is 4.79 Å². The summed E-state index contributed by atoms with van der Waals surface area (Å²) in [6, 6.07) is 32.0. The van der Waals surface area contributed by atoms with E-state index in [2.05, 4.69) is 27.8 Å². The molecule has 4 unspecified atom stereocenters. The number of carbonyl (C=O) groups excluding carboxylic acids is 1. The molecule has 8 heteroatoms. The number of nitrogens with one attached hydrogen (secondary N) is 2. The van der Waals surface area contributed by atoms with Gasteiger partial charge in [0, 0.05) is 36.5 Å². The number of amides is 2. The fourth-order valence-electron chi connectivity index (χ4n) is 4.95. The zero-order chi connectivity index (χ0) is 28.4. The smallest absolute Gasteiger partial charge is 0.315 e. The van der Waals surface area contributed by atoms with Gasteiger partial charge in [0.25, 0.3) is 0 Å². The quantitative estimate of drug-likeness (QED) is 0.199. The number of rotatable bonds is 10. The van der Waals surface area contributed by atoms with Gasteiger partial charge in [-0.25, -0.2) is 9.78 Å². The Balaban J connectivity index is 1.44. The Morgan fingerprint density at radius 2 is 1.54 bits per heavy atom. The Bertz CT molecular complexity index is 1370. The van der Waals surface area contributed by atoms with Crippen LogP contribution in [-0.2, 0) is 22.6 Å². The first kappa shape index (κ1) is 28.8. The number of hydrogen-bond donors (Lipinski definition) is 3. The normalized spacial score (nSPS) is 20.3. The highest BCUT2D eigenvalue weighted by Crippen LogP contribution is 2.47. The molecule has 0 radical (unpaired) electrons. The van der Waals surface area contributed by atoms with Gasteiger partial charge in [-0.3, -0.25) is 0 Å². The van der Waals surface area contributed by atoms with Crippen LogP contribution in [0.25, 0.3) is 0 Å². The number of ether oxygens (including phenoxy) is 2. The van der Waals surface area contributed by atoms with Crippen molar-refractivity contribution >= 4 is 17.8 Å². The van der Waals surface area contributed by atoms with Crippen LogP contribution in [0.5, 0.6) is 0 Å². The zero-order valence-electron chi connectivity index (χ0n) is 23.0. The number of hydrogen-bond acceptors (Lipinski definition) is 6. The third-order valence-corrected chi connectivity index (χ3v) is 8.08. The Morgan fingerprint density at radius 3 is 2.22 bits per heavy atom. The van der Waals surface area contributed by atoms with Gasteiger partial charge < -0.3 is 25.2 Å². The van der Waals surface area contributed by atoms with Crippen LogP contribution in [0.1, 0.15) is 53.1 Å². The minimum absolute atomic E-state index is 0.00962. The van der Waals surface area contributed by atoms with E-state index in [0.717, 1.165) is 32.8 Å². The van der Waals surface area contributed by atoms with E-state index < -0.39 is 6.29 Å². The van der Waals surface area contributed by atoms with Crippen LogP contribution in [0, 0.1) is 0 Å². The van der Waals surface area contributed by atoms with Crippen LogP contribution in [0.15, 0.2) is 108 Å². The molecule has 3 aromatic carbocycles. The standard InChI is InChI=1S/C33H35N3O4S/c1-2-34-33(38)36-20-23-11-17-27(18-12-23)32-39-28(22-41-29-10-6-7-19-35-29)30(25-8-4-3-5-9-25)31(40-32)26-15-13-24(21-37)14-16-26/h3-19,28,30-32,37H,2,20-22H2,1H3,(H2,34,36,38). The lowest BCUT2D eigenvalue weighted by Crippen LogP contribution is -2.38. The molecule has 2 heterocycles. The maximum Gasteiger partial charge on any atom is 0.315 e. The number of nitrogens with zero attached hydrogens (tertiary/aromatic N) is 1. The first-order valence-electron chi connectivity index (χ1n) is 13.8. The molecule has 5 rings (SSSR count). The second kappa shape index (κ2) is 14.3. The Morgan fingerprint density at radius 1 is 0.829 bits per heavy atom. The van der Waals surface area contributed by atoms with E-state index in [1.165, 1.54) is 0 Å². The summed E-state index contributed by atoms with van der Waals surface area (Å²) in [5.74, 6) is 0.625. The number of aromatic nitrogens is 1. The summed E-state index contributed by atoms with van der Waals surface area (Å²) in [4.78, 5) is 16.3. The summed E-state index contributed by atoms with van der Waals surface area (Å²) in [5.41, 5.74) is 4.91. The number of carbonyl (C=O) groups is 1. The predicted molar refractivity (Wildman–Crippen MR) is 160 cm³/mol. The summed E-state index contributed by atoms with van der Waals surface area (Å²) in [5, 5.41) is 16.2. The molecule has 1 aromatic heterocycles. The first-order valence-corrected chi connectivity index (χ1v) is 14.8. The molecular formula is C33H35N3O4S. The summed E-state index contributed by atoms with van der Waals surface area (Å²) >= 11 is 1.67. The molecule has 212 valence electrons. The highest BCUT2D eigenvalue weighted by atomic mass is 32.2. The Hall–Kier alpha value is -3.69. The Kier molecular flexibility index (Phi) is 10.0. The third-order valence-electron chi connectivity index (χ3n) is 7.05. The average Bonchev–Trinajstić information content (AvgIpc) is 3.03. The van der Waals surface area contributed by atoms with Crippen molar-refractivity contribution in [1.82, 2.24) is 15.6 Å². The molecule has 1 aliphatic rings.